The van der Waals surface area contributed by atoms with Crippen molar-refractivity contribution in [3.05, 3.63) is 29.6 Å². The zero-order chi connectivity index (χ0) is 13.8. The lowest BCUT2D eigenvalue weighted by Crippen LogP contribution is -2.29. The van der Waals surface area contributed by atoms with Crippen molar-refractivity contribution in [3.63, 3.8) is 0 Å². The molecule has 0 unspecified atom stereocenters. The van der Waals surface area contributed by atoms with Crippen molar-refractivity contribution in [2.75, 3.05) is 6.61 Å². The molecule has 0 aliphatic heterocycles. The fourth-order valence-corrected chi connectivity index (χ4v) is 0.928. The summed E-state index contributed by atoms with van der Waals surface area (Å²) < 4.78 is 36.5. The lowest BCUT2D eigenvalue weighted by molar-refractivity contribution is -0.141. The van der Waals surface area contributed by atoms with E-state index in [1.165, 1.54) is 0 Å². The Morgan fingerprint density at radius 2 is 2.06 bits per heavy atom. The lowest BCUT2D eigenvalue weighted by Gasteiger charge is -2.07. The molecule has 2 amide bonds. The van der Waals surface area contributed by atoms with Crippen molar-refractivity contribution in [1.82, 2.24) is 10.5 Å². The van der Waals surface area contributed by atoms with Gasteiger partial charge in [0.2, 0.25) is 5.91 Å². The SMILES string of the molecule is NC(=O)CONC(=O)c1ccc(C(F)(F)F)nc1. The molecule has 1 heterocycles. The number of carbonyl (C=O) groups excluding carboxylic acids is 2. The van der Waals surface area contributed by atoms with Gasteiger partial charge in [0.05, 0.1) is 5.56 Å². The summed E-state index contributed by atoms with van der Waals surface area (Å²) in [4.78, 5) is 29.0. The van der Waals surface area contributed by atoms with E-state index in [1.54, 1.807) is 0 Å². The van der Waals surface area contributed by atoms with Crippen LogP contribution in [0.4, 0.5) is 13.2 Å². The van der Waals surface area contributed by atoms with Crippen molar-refractivity contribution in [2.24, 2.45) is 5.73 Å². The van der Waals surface area contributed by atoms with Gasteiger partial charge < -0.3 is 5.73 Å². The number of alkyl halides is 3. The molecule has 0 saturated carbocycles. The number of rotatable bonds is 4. The highest BCUT2D eigenvalue weighted by atomic mass is 19.4. The summed E-state index contributed by atoms with van der Waals surface area (Å²) in [6.07, 6.45) is -3.83. The van der Waals surface area contributed by atoms with E-state index in [1.807, 2.05) is 5.48 Å². The second-order valence-corrected chi connectivity index (χ2v) is 3.12. The van der Waals surface area contributed by atoms with Gasteiger partial charge in [0.1, 0.15) is 5.69 Å². The molecule has 0 saturated heterocycles. The van der Waals surface area contributed by atoms with Crippen LogP contribution >= 0.6 is 0 Å². The van der Waals surface area contributed by atoms with Gasteiger partial charge in [0, 0.05) is 6.20 Å². The minimum Gasteiger partial charge on any atom is -0.368 e. The normalized spacial score (nSPS) is 11.1. The van der Waals surface area contributed by atoms with Crippen LogP contribution in [0.5, 0.6) is 0 Å². The molecule has 0 aromatic carbocycles. The van der Waals surface area contributed by atoms with Gasteiger partial charge in [-0.1, -0.05) is 0 Å². The van der Waals surface area contributed by atoms with Crippen LogP contribution in [0.3, 0.4) is 0 Å². The van der Waals surface area contributed by atoms with E-state index < -0.39 is 30.3 Å². The fraction of sp³-hybridized carbons (Fsp3) is 0.222. The van der Waals surface area contributed by atoms with Crippen molar-refractivity contribution >= 4 is 11.8 Å². The van der Waals surface area contributed by atoms with E-state index in [-0.39, 0.29) is 5.56 Å². The first-order valence-electron chi connectivity index (χ1n) is 4.54. The summed E-state index contributed by atoms with van der Waals surface area (Å²) in [5, 5.41) is 0. The van der Waals surface area contributed by atoms with Crippen LogP contribution in [0.15, 0.2) is 18.3 Å². The van der Waals surface area contributed by atoms with Crippen LogP contribution in [0.2, 0.25) is 0 Å². The van der Waals surface area contributed by atoms with Crippen LogP contribution in [0.25, 0.3) is 0 Å². The average molecular weight is 263 g/mol. The third kappa shape index (κ3) is 4.01. The number of amides is 2. The third-order valence-corrected chi connectivity index (χ3v) is 1.70. The second-order valence-electron chi connectivity index (χ2n) is 3.12. The number of pyridine rings is 1. The Bertz CT molecular complexity index is 445. The van der Waals surface area contributed by atoms with Gasteiger partial charge in [-0.3, -0.25) is 19.4 Å². The molecule has 0 bridgehead atoms. The van der Waals surface area contributed by atoms with Gasteiger partial charge in [-0.15, -0.1) is 0 Å². The van der Waals surface area contributed by atoms with Crippen molar-refractivity contribution < 1.29 is 27.6 Å². The molecule has 6 nitrogen and oxygen atoms in total. The smallest absolute Gasteiger partial charge is 0.368 e. The first-order chi connectivity index (χ1) is 8.30. The number of hydroxylamine groups is 1. The Morgan fingerprint density at radius 1 is 1.39 bits per heavy atom. The Hall–Kier alpha value is -2.16. The molecule has 1 rings (SSSR count). The lowest BCUT2D eigenvalue weighted by atomic mass is 10.2. The Balaban J connectivity index is 2.62. The largest absolute Gasteiger partial charge is 0.433 e. The molecule has 0 fully saturated rings. The fourth-order valence-electron chi connectivity index (χ4n) is 0.928. The van der Waals surface area contributed by atoms with E-state index in [4.69, 9.17) is 5.73 Å². The van der Waals surface area contributed by atoms with E-state index >= 15 is 0 Å². The standard InChI is InChI=1S/C9H8F3N3O3/c10-9(11,12)6-2-1-5(3-14-6)8(17)15-18-4-7(13)16/h1-3H,4H2,(H2,13,16)(H,15,17). The molecule has 18 heavy (non-hydrogen) atoms. The molecule has 0 aliphatic carbocycles. The molecule has 3 N–H and O–H groups in total. The number of hydrogen-bond donors (Lipinski definition) is 2. The highest BCUT2D eigenvalue weighted by Gasteiger charge is 2.32. The maximum atomic E-state index is 12.2. The maximum Gasteiger partial charge on any atom is 0.433 e. The highest BCUT2D eigenvalue weighted by Crippen LogP contribution is 2.27. The summed E-state index contributed by atoms with van der Waals surface area (Å²) in [5.41, 5.74) is 5.30. The van der Waals surface area contributed by atoms with E-state index in [0.717, 1.165) is 12.3 Å². The number of nitrogens with zero attached hydrogens (tertiary/aromatic N) is 1. The summed E-state index contributed by atoms with van der Waals surface area (Å²) in [7, 11) is 0. The number of hydrogen-bond acceptors (Lipinski definition) is 4. The number of halogens is 3. The molecule has 98 valence electrons. The molecule has 0 spiro atoms. The Labute approximate surface area is 98.9 Å². The summed E-state index contributed by atoms with van der Waals surface area (Å²) >= 11 is 0. The van der Waals surface area contributed by atoms with Crippen molar-refractivity contribution in [2.45, 2.75) is 6.18 Å². The zero-order valence-corrected chi connectivity index (χ0v) is 8.82. The zero-order valence-electron chi connectivity index (χ0n) is 8.82. The van der Waals surface area contributed by atoms with Gasteiger partial charge in [0.25, 0.3) is 5.91 Å². The number of nitrogens with one attached hydrogen (secondary N) is 1. The van der Waals surface area contributed by atoms with E-state index in [0.29, 0.717) is 6.07 Å². The number of nitrogens with two attached hydrogens (primary N) is 1. The second kappa shape index (κ2) is 5.45. The highest BCUT2D eigenvalue weighted by molar-refractivity contribution is 5.93. The molecular formula is C9H8F3N3O3. The Kier molecular flexibility index (Phi) is 4.21. The van der Waals surface area contributed by atoms with Gasteiger partial charge in [0.15, 0.2) is 6.61 Å². The Morgan fingerprint density at radius 3 is 2.50 bits per heavy atom. The minimum absolute atomic E-state index is 0.146. The predicted octanol–water partition coefficient (Wildman–Crippen LogP) is 0.247. The summed E-state index contributed by atoms with van der Waals surface area (Å²) in [6, 6.07) is 1.59. The molecule has 0 aliphatic rings. The third-order valence-electron chi connectivity index (χ3n) is 1.70. The van der Waals surface area contributed by atoms with Gasteiger partial charge in [-0.05, 0) is 12.1 Å². The van der Waals surface area contributed by atoms with E-state index in [9.17, 15) is 22.8 Å². The molecule has 0 atom stereocenters. The van der Waals surface area contributed by atoms with Crippen LogP contribution in [0, 0.1) is 0 Å². The first-order valence-corrected chi connectivity index (χ1v) is 4.54. The van der Waals surface area contributed by atoms with Crippen LogP contribution < -0.4 is 11.2 Å². The topological polar surface area (TPSA) is 94.3 Å². The van der Waals surface area contributed by atoms with Crippen LogP contribution in [-0.4, -0.2) is 23.4 Å². The number of primary amides is 1. The summed E-state index contributed by atoms with van der Waals surface area (Å²) in [6.45, 7) is -0.542. The number of carbonyl (C=O) groups is 2. The quantitative estimate of drug-likeness (QED) is 0.761. The number of aromatic nitrogens is 1. The minimum atomic E-state index is -4.57. The van der Waals surface area contributed by atoms with Crippen LogP contribution in [-0.2, 0) is 15.8 Å². The summed E-state index contributed by atoms with van der Waals surface area (Å²) in [5.74, 6) is -1.64. The van der Waals surface area contributed by atoms with Crippen molar-refractivity contribution in [3.8, 4) is 0 Å². The molecule has 9 heteroatoms. The van der Waals surface area contributed by atoms with Gasteiger partial charge >= 0.3 is 6.18 Å². The molecule has 0 radical (unpaired) electrons. The molecule has 1 aromatic heterocycles. The first kappa shape index (κ1) is 13.9. The molecule has 1 aromatic rings. The molecular weight excluding hydrogens is 255 g/mol. The van der Waals surface area contributed by atoms with Crippen LogP contribution in [0.1, 0.15) is 16.1 Å². The van der Waals surface area contributed by atoms with Gasteiger partial charge in [-0.2, -0.15) is 13.2 Å². The predicted molar refractivity (Wildman–Crippen MR) is 51.9 cm³/mol. The monoisotopic (exact) mass is 263 g/mol. The van der Waals surface area contributed by atoms with E-state index in [2.05, 4.69) is 9.82 Å². The van der Waals surface area contributed by atoms with Crippen molar-refractivity contribution in [1.29, 1.82) is 0 Å². The maximum absolute atomic E-state index is 12.2. The van der Waals surface area contributed by atoms with Gasteiger partial charge in [-0.25, -0.2) is 5.48 Å². The average Bonchev–Trinajstić information content (AvgIpc) is 2.27.